The summed E-state index contributed by atoms with van der Waals surface area (Å²) in [6.07, 6.45) is 0.125. The fraction of sp³-hybridized carbons (Fsp3) is 0.417. The van der Waals surface area contributed by atoms with Gasteiger partial charge in [0.2, 0.25) is 0 Å². The molecule has 16 heavy (non-hydrogen) atoms. The predicted molar refractivity (Wildman–Crippen MR) is 62.7 cm³/mol. The summed E-state index contributed by atoms with van der Waals surface area (Å²) in [5.41, 5.74) is 0. The van der Waals surface area contributed by atoms with E-state index < -0.39 is 0 Å². The molecule has 3 nitrogen and oxygen atoms in total. The molecule has 1 heterocycles. The largest absolute Gasteiger partial charge is 0.491 e. The zero-order chi connectivity index (χ0) is 11.4. The number of benzene rings is 1. The molecular weight excluding hydrogens is 226 g/mol. The third-order valence-electron chi connectivity index (χ3n) is 2.56. The Balaban J connectivity index is 1.82. The van der Waals surface area contributed by atoms with Gasteiger partial charge >= 0.3 is 0 Å². The highest BCUT2D eigenvalue weighted by Crippen LogP contribution is 2.17. The van der Waals surface area contributed by atoms with Gasteiger partial charge in [-0.1, -0.05) is 17.7 Å². The first kappa shape index (κ1) is 11.7. The maximum Gasteiger partial charge on any atom is 0.138 e. The van der Waals surface area contributed by atoms with Crippen molar-refractivity contribution in [2.75, 3.05) is 26.3 Å². The molecule has 1 aliphatic heterocycles. The summed E-state index contributed by atoms with van der Waals surface area (Å²) in [6, 6.07) is 7.40. The van der Waals surface area contributed by atoms with Gasteiger partial charge in [-0.05, 0) is 18.2 Å². The lowest BCUT2D eigenvalue weighted by Gasteiger charge is -2.31. The van der Waals surface area contributed by atoms with Crippen LogP contribution in [-0.2, 0) is 4.74 Å². The molecule has 0 amide bonds. The van der Waals surface area contributed by atoms with Gasteiger partial charge in [0.05, 0.1) is 19.7 Å². The summed E-state index contributed by atoms with van der Waals surface area (Å²) in [5.74, 6) is 0.785. The minimum atomic E-state index is 0.125. The number of rotatable bonds is 3. The van der Waals surface area contributed by atoms with Crippen molar-refractivity contribution in [1.29, 1.82) is 0 Å². The highest BCUT2D eigenvalue weighted by molar-refractivity contribution is 6.30. The van der Waals surface area contributed by atoms with Gasteiger partial charge in [-0.3, -0.25) is 0 Å². The van der Waals surface area contributed by atoms with Gasteiger partial charge in [-0.25, -0.2) is 0 Å². The van der Waals surface area contributed by atoms with E-state index in [1.54, 1.807) is 6.07 Å². The van der Waals surface area contributed by atoms with Crippen LogP contribution in [0.2, 0.25) is 5.02 Å². The van der Waals surface area contributed by atoms with Gasteiger partial charge in [0, 0.05) is 5.02 Å². The number of morpholine rings is 1. The molecule has 0 aromatic heterocycles. The maximum atomic E-state index is 5.86. The second kappa shape index (κ2) is 5.53. The lowest BCUT2D eigenvalue weighted by Crippen LogP contribution is -3.10. The molecule has 1 saturated heterocycles. The Morgan fingerprint density at radius 3 is 3.19 bits per heavy atom. The molecule has 1 aromatic rings. The van der Waals surface area contributed by atoms with E-state index in [-0.39, 0.29) is 6.10 Å². The Bertz CT molecular complexity index is 346. The normalized spacial score (nSPS) is 25.4. The van der Waals surface area contributed by atoms with Crippen LogP contribution in [0.4, 0.5) is 0 Å². The molecule has 0 spiro atoms. The minimum Gasteiger partial charge on any atom is -0.491 e. The van der Waals surface area contributed by atoms with E-state index in [2.05, 4.69) is 7.05 Å². The molecule has 2 atom stereocenters. The summed E-state index contributed by atoms with van der Waals surface area (Å²) in [7, 11) is 3.98. The second-order valence-corrected chi connectivity index (χ2v) is 4.40. The van der Waals surface area contributed by atoms with Crippen LogP contribution in [-0.4, -0.2) is 32.4 Å². The third kappa shape index (κ3) is 3.37. The van der Waals surface area contributed by atoms with Gasteiger partial charge in [-0.2, -0.15) is 7.05 Å². The SMILES string of the molecule is [CH2-][NH+]1CCOC(COc2cccc(Cl)c2)C1. The monoisotopic (exact) mass is 241 g/mol. The maximum absolute atomic E-state index is 5.86. The van der Waals surface area contributed by atoms with Crippen LogP contribution in [0.25, 0.3) is 0 Å². The molecule has 88 valence electrons. The molecular formula is C12H16ClNO2. The van der Waals surface area contributed by atoms with Crippen molar-refractivity contribution < 1.29 is 14.4 Å². The molecule has 1 fully saturated rings. The van der Waals surface area contributed by atoms with Crippen LogP contribution in [0, 0.1) is 7.05 Å². The second-order valence-electron chi connectivity index (χ2n) is 3.97. The van der Waals surface area contributed by atoms with Crippen molar-refractivity contribution in [2.45, 2.75) is 6.10 Å². The van der Waals surface area contributed by atoms with Gasteiger partial charge in [0.25, 0.3) is 0 Å². The average molecular weight is 242 g/mol. The van der Waals surface area contributed by atoms with E-state index in [9.17, 15) is 0 Å². The van der Waals surface area contributed by atoms with Crippen molar-refractivity contribution in [2.24, 2.45) is 0 Å². The molecule has 0 bridgehead atoms. The molecule has 4 heteroatoms. The highest BCUT2D eigenvalue weighted by atomic mass is 35.5. The van der Waals surface area contributed by atoms with E-state index in [4.69, 9.17) is 21.1 Å². The summed E-state index contributed by atoms with van der Waals surface area (Å²) < 4.78 is 11.2. The van der Waals surface area contributed by atoms with Crippen molar-refractivity contribution in [1.82, 2.24) is 0 Å². The highest BCUT2D eigenvalue weighted by Gasteiger charge is 2.18. The summed E-state index contributed by atoms with van der Waals surface area (Å²) in [4.78, 5) is 1.24. The first-order chi connectivity index (χ1) is 7.74. The van der Waals surface area contributed by atoms with Crippen molar-refractivity contribution in [3.8, 4) is 5.75 Å². The number of hydrogen-bond donors (Lipinski definition) is 1. The average Bonchev–Trinajstić information content (AvgIpc) is 2.27. The first-order valence-corrected chi connectivity index (χ1v) is 5.78. The fourth-order valence-corrected chi connectivity index (χ4v) is 1.89. The molecule has 0 saturated carbocycles. The van der Waals surface area contributed by atoms with E-state index in [1.807, 2.05) is 18.2 Å². The van der Waals surface area contributed by atoms with Crippen LogP contribution in [0.3, 0.4) is 0 Å². The molecule has 0 radical (unpaired) electrons. The van der Waals surface area contributed by atoms with Crippen LogP contribution >= 0.6 is 11.6 Å². The zero-order valence-corrected chi connectivity index (χ0v) is 9.87. The van der Waals surface area contributed by atoms with Crippen molar-refractivity contribution in [3.63, 3.8) is 0 Å². The van der Waals surface area contributed by atoms with Gasteiger partial charge in [-0.15, -0.1) is 0 Å². The third-order valence-corrected chi connectivity index (χ3v) is 2.79. The number of quaternary nitrogens is 1. The van der Waals surface area contributed by atoms with Crippen LogP contribution in [0.5, 0.6) is 5.75 Å². The zero-order valence-electron chi connectivity index (χ0n) is 9.12. The topological polar surface area (TPSA) is 22.9 Å². The number of ether oxygens (including phenoxy) is 2. The minimum absolute atomic E-state index is 0.125. The van der Waals surface area contributed by atoms with Gasteiger partial charge < -0.3 is 14.4 Å². The van der Waals surface area contributed by atoms with Crippen LogP contribution in [0.1, 0.15) is 0 Å². The Kier molecular flexibility index (Phi) is 4.04. The Morgan fingerprint density at radius 2 is 2.44 bits per heavy atom. The molecule has 1 N–H and O–H groups in total. The van der Waals surface area contributed by atoms with Crippen LogP contribution < -0.4 is 9.64 Å². The molecule has 1 aromatic carbocycles. The van der Waals surface area contributed by atoms with E-state index in [0.717, 1.165) is 25.4 Å². The predicted octanol–water partition coefficient (Wildman–Crippen LogP) is 0.794. The molecule has 1 aliphatic rings. The smallest absolute Gasteiger partial charge is 0.138 e. The van der Waals surface area contributed by atoms with Gasteiger partial charge in [0.15, 0.2) is 0 Å². The Hall–Kier alpha value is -0.770. The number of nitrogens with one attached hydrogen (secondary N) is 1. The van der Waals surface area contributed by atoms with E-state index >= 15 is 0 Å². The first-order valence-electron chi connectivity index (χ1n) is 5.40. The van der Waals surface area contributed by atoms with Crippen molar-refractivity contribution >= 4 is 11.6 Å². The van der Waals surface area contributed by atoms with E-state index in [0.29, 0.717) is 11.6 Å². The Labute approximate surface area is 101 Å². The summed E-state index contributed by atoms with van der Waals surface area (Å²) in [6.45, 7) is 3.16. The lowest BCUT2D eigenvalue weighted by atomic mass is 10.3. The fourth-order valence-electron chi connectivity index (χ4n) is 1.71. The lowest BCUT2D eigenvalue weighted by molar-refractivity contribution is -0.867. The number of hydrogen-bond acceptors (Lipinski definition) is 2. The molecule has 2 rings (SSSR count). The Morgan fingerprint density at radius 1 is 1.56 bits per heavy atom. The standard InChI is InChI=1S/C12H16ClNO2/c1-14-5-6-15-12(8-14)9-16-11-4-2-3-10(13)7-11/h2-4,7,12,14H,1,5-6,8-9H2. The number of halogens is 1. The van der Waals surface area contributed by atoms with Crippen molar-refractivity contribution in [3.05, 3.63) is 36.3 Å². The summed E-state index contributed by atoms with van der Waals surface area (Å²) in [5, 5.41) is 0.687. The summed E-state index contributed by atoms with van der Waals surface area (Å²) >= 11 is 5.86. The molecule has 2 unspecified atom stereocenters. The van der Waals surface area contributed by atoms with Crippen LogP contribution in [0.15, 0.2) is 24.3 Å². The molecule has 0 aliphatic carbocycles. The quantitative estimate of drug-likeness (QED) is 0.791. The van der Waals surface area contributed by atoms with E-state index in [1.165, 1.54) is 4.90 Å². The van der Waals surface area contributed by atoms with Gasteiger partial charge in [0.1, 0.15) is 18.5 Å².